The molecule has 0 saturated heterocycles. The molecule has 0 amide bonds. The number of hydrogen-bond acceptors (Lipinski definition) is 2. The van der Waals surface area contributed by atoms with Crippen molar-refractivity contribution >= 4 is 5.82 Å². The lowest BCUT2D eigenvalue weighted by atomic mass is 10.0. The smallest absolute Gasteiger partial charge is 0.133 e. The number of nitrogens with zero attached hydrogens (tertiary/aromatic N) is 2. The highest BCUT2D eigenvalue weighted by atomic mass is 19.1. The zero-order chi connectivity index (χ0) is 13.3. The lowest BCUT2D eigenvalue weighted by molar-refractivity contribution is 0.622. The van der Waals surface area contributed by atoms with E-state index in [4.69, 9.17) is 0 Å². The third-order valence-corrected chi connectivity index (χ3v) is 2.98. The highest BCUT2D eigenvalue weighted by Gasteiger charge is 2.10. The van der Waals surface area contributed by atoms with Crippen LogP contribution in [0.2, 0.25) is 0 Å². The van der Waals surface area contributed by atoms with Crippen molar-refractivity contribution in [1.29, 1.82) is 0 Å². The quantitative estimate of drug-likeness (QED) is 0.802. The highest BCUT2D eigenvalue weighted by Crippen LogP contribution is 2.27. The number of anilines is 1. The number of pyridine rings is 1. The van der Waals surface area contributed by atoms with Gasteiger partial charge >= 0.3 is 0 Å². The van der Waals surface area contributed by atoms with Crippen LogP contribution in [-0.2, 0) is 0 Å². The van der Waals surface area contributed by atoms with E-state index in [0.717, 1.165) is 16.9 Å². The number of benzene rings is 1. The first-order chi connectivity index (χ1) is 8.50. The first kappa shape index (κ1) is 12.6. The molecule has 0 bridgehead atoms. The van der Waals surface area contributed by atoms with Gasteiger partial charge in [-0.1, -0.05) is 18.2 Å². The monoisotopic (exact) mass is 244 g/mol. The second-order valence-corrected chi connectivity index (χ2v) is 4.70. The minimum atomic E-state index is -0.170. The van der Waals surface area contributed by atoms with Gasteiger partial charge in [0.1, 0.15) is 11.6 Å². The predicted molar refractivity (Wildman–Crippen MR) is 73.4 cm³/mol. The van der Waals surface area contributed by atoms with Crippen molar-refractivity contribution in [2.75, 3.05) is 19.0 Å². The zero-order valence-corrected chi connectivity index (χ0v) is 11.2. The van der Waals surface area contributed by atoms with Gasteiger partial charge in [0, 0.05) is 31.4 Å². The highest BCUT2D eigenvalue weighted by molar-refractivity contribution is 5.67. The van der Waals surface area contributed by atoms with Crippen molar-refractivity contribution in [2.45, 2.75) is 13.8 Å². The van der Waals surface area contributed by atoms with Crippen LogP contribution in [-0.4, -0.2) is 19.1 Å². The fourth-order valence-electron chi connectivity index (χ4n) is 2.05. The Balaban J connectivity index is 2.52. The zero-order valence-electron chi connectivity index (χ0n) is 11.2. The molecule has 94 valence electrons. The molecule has 0 fully saturated rings. The molecule has 1 heterocycles. The van der Waals surface area contributed by atoms with E-state index in [1.54, 1.807) is 25.3 Å². The van der Waals surface area contributed by atoms with Gasteiger partial charge < -0.3 is 4.90 Å². The van der Waals surface area contributed by atoms with Gasteiger partial charge in [-0.25, -0.2) is 9.37 Å². The summed E-state index contributed by atoms with van der Waals surface area (Å²) in [6.07, 6.45) is 1.72. The molecule has 0 radical (unpaired) electrons. The number of rotatable bonds is 2. The van der Waals surface area contributed by atoms with Crippen LogP contribution in [0.5, 0.6) is 0 Å². The van der Waals surface area contributed by atoms with Crippen LogP contribution in [0.25, 0.3) is 11.1 Å². The number of halogens is 1. The molecule has 1 aromatic heterocycles. The minimum absolute atomic E-state index is 0.170. The number of hydrogen-bond donors (Lipinski definition) is 0. The van der Waals surface area contributed by atoms with Gasteiger partial charge in [-0.05, 0) is 31.0 Å². The van der Waals surface area contributed by atoms with E-state index in [1.807, 2.05) is 38.1 Å². The van der Waals surface area contributed by atoms with Crippen LogP contribution >= 0.6 is 0 Å². The lowest BCUT2D eigenvalue weighted by Crippen LogP contribution is -2.12. The number of aryl methyl sites for hydroxylation is 2. The van der Waals surface area contributed by atoms with E-state index < -0.39 is 0 Å². The van der Waals surface area contributed by atoms with Gasteiger partial charge in [-0.15, -0.1) is 0 Å². The summed E-state index contributed by atoms with van der Waals surface area (Å²) in [6, 6.07) is 7.39. The van der Waals surface area contributed by atoms with E-state index in [1.165, 1.54) is 0 Å². The Morgan fingerprint density at radius 3 is 2.44 bits per heavy atom. The predicted octanol–water partition coefficient (Wildman–Crippen LogP) is 3.57. The van der Waals surface area contributed by atoms with E-state index in [-0.39, 0.29) is 5.82 Å². The molecule has 0 N–H and O–H groups in total. The Morgan fingerprint density at radius 1 is 1.11 bits per heavy atom. The van der Waals surface area contributed by atoms with Gasteiger partial charge in [0.15, 0.2) is 0 Å². The van der Waals surface area contributed by atoms with Crippen LogP contribution in [0, 0.1) is 19.7 Å². The van der Waals surface area contributed by atoms with Gasteiger partial charge in [0.2, 0.25) is 0 Å². The van der Waals surface area contributed by atoms with Crippen molar-refractivity contribution in [3.05, 3.63) is 47.4 Å². The molecule has 1 aromatic carbocycles. The summed E-state index contributed by atoms with van der Waals surface area (Å²) in [5, 5.41) is 0. The molecule has 0 spiro atoms. The molecule has 0 atom stereocenters. The third kappa shape index (κ3) is 2.21. The fraction of sp³-hybridized carbons (Fsp3) is 0.267. The second kappa shape index (κ2) is 4.77. The van der Waals surface area contributed by atoms with Gasteiger partial charge in [0.05, 0.1) is 0 Å². The van der Waals surface area contributed by atoms with Crippen LogP contribution in [0.15, 0.2) is 30.5 Å². The Bertz CT molecular complexity index is 577. The van der Waals surface area contributed by atoms with Crippen molar-refractivity contribution in [2.24, 2.45) is 0 Å². The first-order valence-corrected chi connectivity index (χ1v) is 5.90. The molecule has 0 aliphatic heterocycles. The maximum absolute atomic E-state index is 14.0. The molecule has 2 aromatic rings. The summed E-state index contributed by atoms with van der Waals surface area (Å²) in [7, 11) is 3.89. The summed E-state index contributed by atoms with van der Waals surface area (Å²) >= 11 is 0. The van der Waals surface area contributed by atoms with Gasteiger partial charge in [0.25, 0.3) is 0 Å². The largest absolute Gasteiger partial charge is 0.363 e. The average Bonchev–Trinajstić information content (AvgIpc) is 2.32. The molecular formula is C15H17FN2. The minimum Gasteiger partial charge on any atom is -0.363 e. The van der Waals surface area contributed by atoms with Gasteiger partial charge in [-0.3, -0.25) is 0 Å². The molecule has 0 aliphatic carbocycles. The maximum Gasteiger partial charge on any atom is 0.133 e. The first-order valence-electron chi connectivity index (χ1n) is 5.90. The molecule has 2 nitrogen and oxygen atoms in total. The Labute approximate surface area is 107 Å². The summed E-state index contributed by atoms with van der Waals surface area (Å²) in [4.78, 5) is 6.33. The standard InChI is InChI=1S/C15H17FN2/c1-10-6-5-7-13(14(10)16)12-8-11(2)15(17-9-12)18(3)4/h5-9H,1-4H3. The summed E-state index contributed by atoms with van der Waals surface area (Å²) in [5.74, 6) is 0.739. The number of aromatic nitrogens is 1. The summed E-state index contributed by atoms with van der Waals surface area (Å²) < 4.78 is 14.0. The SMILES string of the molecule is Cc1cc(-c2cccc(C)c2F)cnc1N(C)C. The topological polar surface area (TPSA) is 16.1 Å². The van der Waals surface area contributed by atoms with Crippen LogP contribution < -0.4 is 4.90 Å². The molecule has 18 heavy (non-hydrogen) atoms. The maximum atomic E-state index is 14.0. The lowest BCUT2D eigenvalue weighted by Gasteiger charge is -2.15. The molecule has 0 saturated carbocycles. The second-order valence-electron chi connectivity index (χ2n) is 4.70. The van der Waals surface area contributed by atoms with Crippen molar-refractivity contribution < 1.29 is 4.39 Å². The summed E-state index contributed by atoms with van der Waals surface area (Å²) in [6.45, 7) is 3.76. The van der Waals surface area contributed by atoms with Crippen molar-refractivity contribution in [3.63, 3.8) is 0 Å². The van der Waals surface area contributed by atoms with Crippen LogP contribution in [0.1, 0.15) is 11.1 Å². The van der Waals surface area contributed by atoms with E-state index in [9.17, 15) is 4.39 Å². The molecule has 0 unspecified atom stereocenters. The average molecular weight is 244 g/mol. The van der Waals surface area contributed by atoms with Crippen molar-refractivity contribution in [3.8, 4) is 11.1 Å². The fourth-order valence-corrected chi connectivity index (χ4v) is 2.05. The van der Waals surface area contributed by atoms with Crippen LogP contribution in [0.3, 0.4) is 0 Å². The van der Waals surface area contributed by atoms with E-state index in [2.05, 4.69) is 4.98 Å². The van der Waals surface area contributed by atoms with E-state index >= 15 is 0 Å². The molecule has 2 rings (SSSR count). The van der Waals surface area contributed by atoms with E-state index in [0.29, 0.717) is 11.1 Å². The third-order valence-electron chi connectivity index (χ3n) is 2.98. The molecule has 0 aliphatic rings. The van der Waals surface area contributed by atoms with Crippen molar-refractivity contribution in [1.82, 2.24) is 4.98 Å². The summed E-state index contributed by atoms with van der Waals surface area (Å²) in [5.41, 5.74) is 3.12. The Hall–Kier alpha value is -1.90. The Kier molecular flexibility index (Phi) is 3.32. The molecule has 3 heteroatoms. The van der Waals surface area contributed by atoms with Crippen LogP contribution in [0.4, 0.5) is 10.2 Å². The Morgan fingerprint density at radius 2 is 1.83 bits per heavy atom. The normalized spacial score (nSPS) is 10.5. The molecular weight excluding hydrogens is 227 g/mol. The van der Waals surface area contributed by atoms with Gasteiger partial charge in [-0.2, -0.15) is 0 Å².